The molecule has 0 aromatic heterocycles. The second kappa shape index (κ2) is 3.65. The second-order valence-corrected chi connectivity index (χ2v) is 1.50. The van der Waals surface area contributed by atoms with Crippen molar-refractivity contribution in [1.82, 2.24) is 0 Å². The van der Waals surface area contributed by atoms with Gasteiger partial charge in [0.25, 0.3) is 0 Å². The number of aliphatic carboxylic acids is 1. The van der Waals surface area contributed by atoms with Gasteiger partial charge < -0.3 is 5.11 Å². The van der Waals surface area contributed by atoms with Crippen LogP contribution in [-0.2, 0) is 4.79 Å². The van der Waals surface area contributed by atoms with Crippen LogP contribution in [0.5, 0.6) is 0 Å². The van der Waals surface area contributed by atoms with Gasteiger partial charge in [-0.05, 0) is 6.42 Å². The summed E-state index contributed by atoms with van der Waals surface area (Å²) < 4.78 is 0. The van der Waals surface area contributed by atoms with E-state index in [0.717, 1.165) is 12.8 Å². The molecule has 0 aromatic carbocycles. The van der Waals surface area contributed by atoms with Crippen LogP contribution in [0.15, 0.2) is 0 Å². The Morgan fingerprint density at radius 2 is 2.29 bits per heavy atom. The molecule has 0 heterocycles. The Balaban J connectivity index is 2.82. The van der Waals surface area contributed by atoms with Crippen LogP contribution in [0.3, 0.4) is 0 Å². The molecule has 0 fully saturated rings. The molecule has 0 rings (SSSR count). The Labute approximate surface area is 43.2 Å². The minimum absolute atomic E-state index is 0.316. The molecule has 0 aliphatic rings. The maximum Gasteiger partial charge on any atom is 0.303 e. The van der Waals surface area contributed by atoms with Crippen molar-refractivity contribution in [2.45, 2.75) is 26.2 Å². The summed E-state index contributed by atoms with van der Waals surface area (Å²) >= 11 is 0. The average Bonchev–Trinajstić information content (AvgIpc) is 1.61. The third kappa shape index (κ3) is 5.47. The monoisotopic (exact) mass is 103 g/mol. The number of hydrogen-bond acceptors (Lipinski definition) is 1. The lowest BCUT2D eigenvalue weighted by atomic mass is 10.3. The molecule has 42 valence electrons. The topological polar surface area (TPSA) is 37.3 Å². The molecule has 0 unspecified atom stereocenters. The molecule has 0 saturated heterocycles. The molecule has 0 saturated carbocycles. The van der Waals surface area contributed by atoms with E-state index >= 15 is 0 Å². The van der Waals surface area contributed by atoms with Crippen LogP contribution in [0.4, 0.5) is 0 Å². The average molecular weight is 103 g/mol. The largest absolute Gasteiger partial charge is 0.481 e. The predicted octanol–water partition coefficient (Wildman–Crippen LogP) is 1.26. The summed E-state index contributed by atoms with van der Waals surface area (Å²) in [4.78, 5) is 9.76. The number of hydrogen-bond donors (Lipinski definition) is 1. The zero-order chi connectivity index (χ0) is 5.70. The Bertz CT molecular complexity index is 59.1. The van der Waals surface area contributed by atoms with Gasteiger partial charge in [0.05, 0.1) is 0 Å². The molecule has 0 bridgehead atoms. The SMILES string of the molecule is CCCC[13C](=O)O. The first-order valence-electron chi connectivity index (χ1n) is 2.49. The van der Waals surface area contributed by atoms with E-state index in [1.165, 1.54) is 0 Å². The highest BCUT2D eigenvalue weighted by Gasteiger charge is 1.90. The Morgan fingerprint density at radius 1 is 1.71 bits per heavy atom. The maximum atomic E-state index is 9.76. The highest BCUT2D eigenvalue weighted by atomic mass is 16.5. The molecule has 0 amide bonds. The van der Waals surface area contributed by atoms with E-state index in [1.807, 2.05) is 6.92 Å². The van der Waals surface area contributed by atoms with E-state index in [-0.39, 0.29) is 0 Å². The summed E-state index contributed by atoms with van der Waals surface area (Å²) in [5.41, 5.74) is 0. The van der Waals surface area contributed by atoms with Crippen LogP contribution >= 0.6 is 0 Å². The minimum atomic E-state index is -0.693. The highest BCUT2D eigenvalue weighted by Crippen LogP contribution is 1.91. The molecule has 0 aliphatic carbocycles. The first-order chi connectivity index (χ1) is 3.27. The van der Waals surface area contributed by atoms with Crippen molar-refractivity contribution in [1.29, 1.82) is 0 Å². The van der Waals surface area contributed by atoms with Gasteiger partial charge in [-0.3, -0.25) is 4.79 Å². The van der Waals surface area contributed by atoms with Gasteiger partial charge in [0.2, 0.25) is 0 Å². The molecule has 2 heteroatoms. The van der Waals surface area contributed by atoms with Crippen molar-refractivity contribution in [3.63, 3.8) is 0 Å². The molecule has 0 spiro atoms. The van der Waals surface area contributed by atoms with E-state index in [0.29, 0.717) is 6.42 Å². The van der Waals surface area contributed by atoms with Crippen LogP contribution in [0, 0.1) is 0 Å². The van der Waals surface area contributed by atoms with Crippen LogP contribution in [-0.4, -0.2) is 11.1 Å². The lowest BCUT2D eigenvalue weighted by Gasteiger charge is -1.85. The number of unbranched alkanes of at least 4 members (excludes halogenated alkanes) is 1. The molecule has 7 heavy (non-hydrogen) atoms. The molecule has 1 N–H and O–H groups in total. The summed E-state index contributed by atoms with van der Waals surface area (Å²) in [5.74, 6) is -0.693. The van der Waals surface area contributed by atoms with Crippen molar-refractivity contribution >= 4 is 5.97 Å². The molecular formula is C5H10O2. The van der Waals surface area contributed by atoms with E-state index in [9.17, 15) is 4.79 Å². The van der Waals surface area contributed by atoms with Crippen LogP contribution in [0.25, 0.3) is 0 Å². The van der Waals surface area contributed by atoms with Gasteiger partial charge in [-0.15, -0.1) is 0 Å². The Hall–Kier alpha value is -0.530. The molecule has 0 aromatic rings. The van der Waals surface area contributed by atoms with E-state index in [2.05, 4.69) is 0 Å². The van der Waals surface area contributed by atoms with E-state index in [4.69, 9.17) is 5.11 Å². The highest BCUT2D eigenvalue weighted by molar-refractivity contribution is 5.66. The fraction of sp³-hybridized carbons (Fsp3) is 0.800. The van der Waals surface area contributed by atoms with Crippen molar-refractivity contribution in [2.24, 2.45) is 0 Å². The lowest BCUT2D eigenvalue weighted by molar-refractivity contribution is -0.137. The fourth-order valence-corrected chi connectivity index (χ4v) is 0.328. The first kappa shape index (κ1) is 6.47. The summed E-state index contributed by atoms with van der Waals surface area (Å²) in [6, 6.07) is 0. The number of carboxylic acid groups (broad SMARTS) is 1. The quantitative estimate of drug-likeness (QED) is 0.546. The van der Waals surface area contributed by atoms with Crippen molar-refractivity contribution < 1.29 is 9.90 Å². The summed E-state index contributed by atoms with van der Waals surface area (Å²) in [6.07, 6.45) is 2.08. The van der Waals surface area contributed by atoms with Gasteiger partial charge in [-0.1, -0.05) is 13.3 Å². The normalized spacial score (nSPS) is 8.71. The zero-order valence-corrected chi connectivity index (χ0v) is 4.48. The van der Waals surface area contributed by atoms with E-state index in [1.54, 1.807) is 0 Å². The fourth-order valence-electron chi connectivity index (χ4n) is 0.328. The Morgan fingerprint density at radius 3 is 2.43 bits per heavy atom. The predicted molar refractivity (Wildman–Crippen MR) is 27.2 cm³/mol. The minimum Gasteiger partial charge on any atom is -0.481 e. The molecule has 0 atom stereocenters. The standard InChI is InChI=1S/C5H10O2/c1-2-3-4-5(6)7/h2-4H2,1H3,(H,6,7)/i5+1. The smallest absolute Gasteiger partial charge is 0.303 e. The van der Waals surface area contributed by atoms with Crippen molar-refractivity contribution in [3.8, 4) is 0 Å². The van der Waals surface area contributed by atoms with Gasteiger partial charge in [-0.25, -0.2) is 0 Å². The van der Waals surface area contributed by atoms with Gasteiger partial charge in [0, 0.05) is 6.42 Å². The third-order valence-electron chi connectivity index (χ3n) is 0.744. The number of carbonyl (C=O) groups is 1. The van der Waals surface area contributed by atoms with Crippen LogP contribution in [0.1, 0.15) is 26.2 Å². The van der Waals surface area contributed by atoms with Gasteiger partial charge in [0.1, 0.15) is 0 Å². The summed E-state index contributed by atoms with van der Waals surface area (Å²) in [6.45, 7) is 1.98. The molecule has 0 aliphatic heterocycles. The molecule has 2 nitrogen and oxygen atoms in total. The second-order valence-electron chi connectivity index (χ2n) is 1.50. The number of carboxylic acids is 1. The Kier molecular flexibility index (Phi) is 3.38. The lowest BCUT2D eigenvalue weighted by Crippen LogP contribution is -1.91. The first-order valence-corrected chi connectivity index (χ1v) is 2.49. The van der Waals surface area contributed by atoms with Crippen molar-refractivity contribution in [2.75, 3.05) is 0 Å². The maximum absolute atomic E-state index is 9.76. The summed E-state index contributed by atoms with van der Waals surface area (Å²) in [7, 11) is 0. The van der Waals surface area contributed by atoms with Crippen molar-refractivity contribution in [3.05, 3.63) is 0 Å². The van der Waals surface area contributed by atoms with Crippen LogP contribution < -0.4 is 0 Å². The molecular weight excluding hydrogens is 93.0 g/mol. The van der Waals surface area contributed by atoms with Gasteiger partial charge >= 0.3 is 5.97 Å². The van der Waals surface area contributed by atoms with Gasteiger partial charge in [-0.2, -0.15) is 0 Å². The third-order valence-corrected chi connectivity index (χ3v) is 0.744. The molecule has 0 radical (unpaired) electrons. The number of rotatable bonds is 3. The van der Waals surface area contributed by atoms with Crippen LogP contribution in [0.2, 0.25) is 0 Å². The summed E-state index contributed by atoms with van der Waals surface area (Å²) in [5, 5.41) is 8.04. The van der Waals surface area contributed by atoms with E-state index < -0.39 is 5.97 Å². The zero-order valence-electron chi connectivity index (χ0n) is 4.48. The van der Waals surface area contributed by atoms with Gasteiger partial charge in [0.15, 0.2) is 0 Å².